The van der Waals surface area contributed by atoms with E-state index in [1.54, 1.807) is 6.07 Å². The molecule has 0 saturated carbocycles. The standard InChI is InChI=1S/C11H18FN3/c1-3-15(4-2)8-7-13-11-6-5-10(12)9-14-11/h5-6,9H,3-4,7-8H2,1-2H3,(H,13,14). The molecule has 1 rings (SSSR count). The number of hydrogen-bond donors (Lipinski definition) is 1. The Kier molecular flexibility index (Phi) is 5.04. The van der Waals surface area contributed by atoms with Crippen LogP contribution in [-0.4, -0.2) is 36.1 Å². The van der Waals surface area contributed by atoms with Gasteiger partial charge in [-0.15, -0.1) is 0 Å². The largest absolute Gasteiger partial charge is 0.369 e. The first kappa shape index (κ1) is 11.9. The monoisotopic (exact) mass is 211 g/mol. The lowest BCUT2D eigenvalue weighted by molar-refractivity contribution is 0.316. The van der Waals surface area contributed by atoms with E-state index in [2.05, 4.69) is 29.0 Å². The smallest absolute Gasteiger partial charge is 0.141 e. The number of nitrogens with one attached hydrogen (secondary N) is 1. The quantitative estimate of drug-likeness (QED) is 0.779. The molecule has 0 aliphatic heterocycles. The van der Waals surface area contributed by atoms with Crippen molar-refractivity contribution in [3.63, 3.8) is 0 Å². The molecule has 15 heavy (non-hydrogen) atoms. The van der Waals surface area contributed by atoms with E-state index in [9.17, 15) is 4.39 Å². The summed E-state index contributed by atoms with van der Waals surface area (Å²) in [6, 6.07) is 3.06. The van der Waals surface area contributed by atoms with Gasteiger partial charge in [0.25, 0.3) is 0 Å². The molecule has 0 aliphatic rings. The summed E-state index contributed by atoms with van der Waals surface area (Å²) >= 11 is 0. The fourth-order valence-electron chi connectivity index (χ4n) is 1.36. The van der Waals surface area contributed by atoms with Crippen molar-refractivity contribution in [1.29, 1.82) is 0 Å². The number of aromatic nitrogens is 1. The van der Waals surface area contributed by atoms with Crippen LogP contribution in [0.25, 0.3) is 0 Å². The van der Waals surface area contributed by atoms with Crippen LogP contribution in [-0.2, 0) is 0 Å². The molecule has 84 valence electrons. The maximum atomic E-state index is 12.5. The zero-order valence-electron chi connectivity index (χ0n) is 9.33. The number of halogens is 1. The van der Waals surface area contributed by atoms with Crippen molar-refractivity contribution in [3.05, 3.63) is 24.1 Å². The maximum Gasteiger partial charge on any atom is 0.141 e. The second-order valence-corrected chi connectivity index (χ2v) is 3.32. The fraction of sp³-hybridized carbons (Fsp3) is 0.545. The highest BCUT2D eigenvalue weighted by Gasteiger charge is 1.98. The number of rotatable bonds is 6. The lowest BCUT2D eigenvalue weighted by Gasteiger charge is -2.18. The van der Waals surface area contributed by atoms with Gasteiger partial charge < -0.3 is 10.2 Å². The molecular weight excluding hydrogens is 193 g/mol. The van der Waals surface area contributed by atoms with Crippen LogP contribution in [0.4, 0.5) is 10.2 Å². The van der Waals surface area contributed by atoms with Crippen LogP contribution in [0.15, 0.2) is 18.3 Å². The molecule has 0 amide bonds. The molecule has 1 aromatic heterocycles. The fourth-order valence-corrected chi connectivity index (χ4v) is 1.36. The Hall–Kier alpha value is -1.16. The van der Waals surface area contributed by atoms with Gasteiger partial charge in [-0.25, -0.2) is 9.37 Å². The predicted octanol–water partition coefficient (Wildman–Crippen LogP) is 1.97. The Morgan fingerprint density at radius 1 is 1.33 bits per heavy atom. The van der Waals surface area contributed by atoms with E-state index in [0.29, 0.717) is 0 Å². The molecule has 0 aliphatic carbocycles. The molecule has 3 nitrogen and oxygen atoms in total. The molecule has 0 aromatic carbocycles. The Balaban J connectivity index is 2.28. The summed E-state index contributed by atoms with van der Waals surface area (Å²) in [4.78, 5) is 6.24. The first-order valence-corrected chi connectivity index (χ1v) is 5.34. The van der Waals surface area contributed by atoms with Crippen molar-refractivity contribution in [1.82, 2.24) is 9.88 Å². The van der Waals surface area contributed by atoms with E-state index in [1.807, 2.05) is 0 Å². The van der Waals surface area contributed by atoms with Crippen LogP contribution < -0.4 is 5.32 Å². The first-order chi connectivity index (χ1) is 7.26. The van der Waals surface area contributed by atoms with Crippen LogP contribution in [0.1, 0.15) is 13.8 Å². The molecule has 0 bridgehead atoms. The minimum atomic E-state index is -0.302. The van der Waals surface area contributed by atoms with Crippen LogP contribution in [0, 0.1) is 5.82 Å². The summed E-state index contributed by atoms with van der Waals surface area (Å²) in [5.74, 6) is 0.424. The summed E-state index contributed by atoms with van der Waals surface area (Å²) in [5, 5.41) is 3.15. The SMILES string of the molecule is CCN(CC)CCNc1ccc(F)cn1. The molecule has 4 heteroatoms. The molecule has 0 spiro atoms. The molecule has 0 fully saturated rings. The Morgan fingerprint density at radius 2 is 2.07 bits per heavy atom. The van der Waals surface area contributed by atoms with Crippen molar-refractivity contribution < 1.29 is 4.39 Å². The Bertz CT molecular complexity index is 270. The number of nitrogens with zero attached hydrogens (tertiary/aromatic N) is 2. The third-order valence-electron chi connectivity index (χ3n) is 2.36. The summed E-state index contributed by atoms with van der Waals surface area (Å²) < 4.78 is 12.5. The molecular formula is C11H18FN3. The van der Waals surface area contributed by atoms with Gasteiger partial charge in [0.1, 0.15) is 11.6 Å². The topological polar surface area (TPSA) is 28.2 Å². The highest BCUT2D eigenvalue weighted by molar-refractivity contribution is 5.33. The minimum absolute atomic E-state index is 0.302. The highest BCUT2D eigenvalue weighted by atomic mass is 19.1. The van der Waals surface area contributed by atoms with Gasteiger partial charge in [-0.2, -0.15) is 0 Å². The van der Waals surface area contributed by atoms with Crippen molar-refractivity contribution >= 4 is 5.82 Å². The normalized spacial score (nSPS) is 10.7. The van der Waals surface area contributed by atoms with Crippen molar-refractivity contribution in [2.45, 2.75) is 13.8 Å². The third-order valence-corrected chi connectivity index (χ3v) is 2.36. The van der Waals surface area contributed by atoms with E-state index in [4.69, 9.17) is 0 Å². The molecule has 0 atom stereocenters. The van der Waals surface area contributed by atoms with Gasteiger partial charge in [0.2, 0.25) is 0 Å². The van der Waals surface area contributed by atoms with E-state index in [0.717, 1.165) is 32.0 Å². The van der Waals surface area contributed by atoms with Crippen LogP contribution in [0.3, 0.4) is 0 Å². The summed E-state index contributed by atoms with van der Waals surface area (Å²) in [6.07, 6.45) is 1.22. The minimum Gasteiger partial charge on any atom is -0.369 e. The average Bonchev–Trinajstić information content (AvgIpc) is 2.27. The Morgan fingerprint density at radius 3 is 2.60 bits per heavy atom. The average molecular weight is 211 g/mol. The predicted molar refractivity (Wildman–Crippen MR) is 60.5 cm³/mol. The maximum absolute atomic E-state index is 12.5. The molecule has 0 unspecified atom stereocenters. The Labute approximate surface area is 90.3 Å². The summed E-state index contributed by atoms with van der Waals surface area (Å²) in [6.45, 7) is 8.19. The van der Waals surface area contributed by atoms with Crippen LogP contribution in [0.5, 0.6) is 0 Å². The van der Waals surface area contributed by atoms with Crippen LogP contribution >= 0.6 is 0 Å². The first-order valence-electron chi connectivity index (χ1n) is 5.34. The molecule has 1 N–H and O–H groups in total. The molecule has 0 radical (unpaired) electrons. The van der Waals surface area contributed by atoms with Gasteiger partial charge in [-0.1, -0.05) is 13.8 Å². The third kappa shape index (κ3) is 4.25. The summed E-state index contributed by atoms with van der Waals surface area (Å²) in [7, 11) is 0. The van der Waals surface area contributed by atoms with Gasteiger partial charge in [0.15, 0.2) is 0 Å². The number of likely N-dealkylation sites (N-methyl/N-ethyl adjacent to an activating group) is 1. The van der Waals surface area contributed by atoms with Gasteiger partial charge >= 0.3 is 0 Å². The summed E-state index contributed by atoms with van der Waals surface area (Å²) in [5.41, 5.74) is 0. The van der Waals surface area contributed by atoms with Crippen LogP contribution in [0.2, 0.25) is 0 Å². The molecule has 1 heterocycles. The highest BCUT2D eigenvalue weighted by Crippen LogP contribution is 2.02. The van der Waals surface area contributed by atoms with E-state index < -0.39 is 0 Å². The zero-order valence-corrected chi connectivity index (χ0v) is 9.33. The van der Waals surface area contributed by atoms with Gasteiger partial charge in [0, 0.05) is 13.1 Å². The van der Waals surface area contributed by atoms with Crippen molar-refractivity contribution in [2.75, 3.05) is 31.5 Å². The van der Waals surface area contributed by atoms with Gasteiger partial charge in [-0.05, 0) is 25.2 Å². The van der Waals surface area contributed by atoms with Gasteiger partial charge in [0.05, 0.1) is 6.20 Å². The zero-order chi connectivity index (χ0) is 11.1. The van der Waals surface area contributed by atoms with Crippen molar-refractivity contribution in [2.24, 2.45) is 0 Å². The second kappa shape index (κ2) is 6.35. The van der Waals surface area contributed by atoms with E-state index >= 15 is 0 Å². The molecule has 0 saturated heterocycles. The lowest BCUT2D eigenvalue weighted by Crippen LogP contribution is -2.28. The van der Waals surface area contributed by atoms with E-state index in [1.165, 1.54) is 12.3 Å². The lowest BCUT2D eigenvalue weighted by atomic mass is 10.4. The number of pyridine rings is 1. The van der Waals surface area contributed by atoms with E-state index in [-0.39, 0.29) is 5.82 Å². The second-order valence-electron chi connectivity index (χ2n) is 3.32. The molecule has 1 aromatic rings. The van der Waals surface area contributed by atoms with Gasteiger partial charge in [-0.3, -0.25) is 0 Å². The number of anilines is 1. The van der Waals surface area contributed by atoms with Crippen molar-refractivity contribution in [3.8, 4) is 0 Å². The number of hydrogen-bond acceptors (Lipinski definition) is 3.